The van der Waals surface area contributed by atoms with Crippen molar-refractivity contribution in [3.05, 3.63) is 59.9 Å². The van der Waals surface area contributed by atoms with Gasteiger partial charge in [0.1, 0.15) is 5.69 Å². The Labute approximate surface area is 125 Å². The molecule has 1 aromatic carbocycles. The normalized spacial score (nSPS) is 10.3. The molecular formula is C15H12N4OS. The first kappa shape index (κ1) is 13.4. The highest BCUT2D eigenvalue weighted by molar-refractivity contribution is 7.10. The molecule has 0 fully saturated rings. The summed E-state index contributed by atoms with van der Waals surface area (Å²) in [4.78, 5) is 20.3. The predicted molar refractivity (Wildman–Crippen MR) is 82.3 cm³/mol. The minimum Gasteiger partial charge on any atom is -0.295 e. The third kappa shape index (κ3) is 3.11. The van der Waals surface area contributed by atoms with Crippen molar-refractivity contribution in [2.45, 2.75) is 6.92 Å². The van der Waals surface area contributed by atoms with Crippen molar-refractivity contribution in [3.8, 4) is 11.4 Å². The molecule has 0 spiro atoms. The predicted octanol–water partition coefficient (Wildman–Crippen LogP) is 3.16. The number of aromatic nitrogens is 3. The zero-order valence-corrected chi connectivity index (χ0v) is 12.1. The fourth-order valence-corrected chi connectivity index (χ4v) is 2.34. The number of nitrogens with one attached hydrogen (secondary N) is 1. The van der Waals surface area contributed by atoms with Gasteiger partial charge in [-0.1, -0.05) is 35.9 Å². The van der Waals surface area contributed by atoms with E-state index in [1.54, 1.807) is 24.4 Å². The van der Waals surface area contributed by atoms with Gasteiger partial charge in [0.15, 0.2) is 5.82 Å². The van der Waals surface area contributed by atoms with Gasteiger partial charge in [0, 0.05) is 23.3 Å². The minimum atomic E-state index is -0.290. The van der Waals surface area contributed by atoms with E-state index in [9.17, 15) is 4.79 Å². The molecular weight excluding hydrogens is 284 g/mol. The smallest absolute Gasteiger partial charge is 0.276 e. The van der Waals surface area contributed by atoms with Crippen LogP contribution in [0.1, 0.15) is 16.1 Å². The largest absolute Gasteiger partial charge is 0.295 e. The molecule has 2 aromatic heterocycles. The number of carbonyl (C=O) groups is 1. The van der Waals surface area contributed by atoms with Gasteiger partial charge in [-0.3, -0.25) is 15.1 Å². The highest BCUT2D eigenvalue weighted by Crippen LogP contribution is 2.21. The second-order valence-electron chi connectivity index (χ2n) is 4.46. The number of hydrogen-bond acceptors (Lipinski definition) is 5. The van der Waals surface area contributed by atoms with Crippen LogP contribution in [0.3, 0.4) is 0 Å². The van der Waals surface area contributed by atoms with E-state index in [4.69, 9.17) is 0 Å². The Kier molecular flexibility index (Phi) is 3.70. The van der Waals surface area contributed by atoms with E-state index < -0.39 is 0 Å². The molecule has 0 aliphatic rings. The number of anilines is 1. The van der Waals surface area contributed by atoms with E-state index in [-0.39, 0.29) is 5.91 Å². The number of hydrogen-bond donors (Lipinski definition) is 1. The van der Waals surface area contributed by atoms with Gasteiger partial charge >= 0.3 is 0 Å². The highest BCUT2D eigenvalue weighted by atomic mass is 32.1. The second kappa shape index (κ2) is 5.80. The zero-order chi connectivity index (χ0) is 14.7. The summed E-state index contributed by atoms with van der Waals surface area (Å²) in [7, 11) is 0. The van der Waals surface area contributed by atoms with Crippen molar-refractivity contribution in [2.75, 3.05) is 5.32 Å². The molecule has 0 aliphatic carbocycles. The molecule has 0 aliphatic heterocycles. The van der Waals surface area contributed by atoms with Crippen LogP contribution in [0.15, 0.2) is 48.7 Å². The maximum atomic E-state index is 12.0. The monoisotopic (exact) mass is 296 g/mol. The lowest BCUT2D eigenvalue weighted by Gasteiger charge is -1.99. The maximum Gasteiger partial charge on any atom is 0.276 e. The molecule has 0 saturated heterocycles. The van der Waals surface area contributed by atoms with E-state index in [0.29, 0.717) is 16.6 Å². The molecule has 21 heavy (non-hydrogen) atoms. The minimum absolute atomic E-state index is 0.290. The van der Waals surface area contributed by atoms with Gasteiger partial charge < -0.3 is 0 Å². The summed E-state index contributed by atoms with van der Waals surface area (Å²) < 4.78 is 4.26. The van der Waals surface area contributed by atoms with E-state index >= 15 is 0 Å². The highest BCUT2D eigenvalue weighted by Gasteiger charge is 2.11. The third-order valence-electron chi connectivity index (χ3n) is 2.85. The van der Waals surface area contributed by atoms with Crippen LogP contribution < -0.4 is 5.32 Å². The summed E-state index contributed by atoms with van der Waals surface area (Å²) in [6.07, 6.45) is 1.58. The van der Waals surface area contributed by atoms with Crippen LogP contribution in [0.2, 0.25) is 0 Å². The molecule has 104 valence electrons. The average molecular weight is 296 g/mol. The number of aryl methyl sites for hydroxylation is 1. The molecule has 6 heteroatoms. The van der Waals surface area contributed by atoms with Gasteiger partial charge in [0.25, 0.3) is 5.91 Å². The first-order valence-corrected chi connectivity index (χ1v) is 7.13. The average Bonchev–Trinajstić information content (AvgIpc) is 2.97. The van der Waals surface area contributed by atoms with Crippen molar-refractivity contribution in [1.82, 2.24) is 14.3 Å². The topological polar surface area (TPSA) is 67.8 Å². The SMILES string of the molecule is Cc1ccc(-c2nsc(NC(=O)c3ccccn3)n2)cc1. The van der Waals surface area contributed by atoms with E-state index in [1.807, 2.05) is 31.2 Å². The quantitative estimate of drug-likeness (QED) is 0.806. The van der Waals surface area contributed by atoms with Crippen molar-refractivity contribution in [2.24, 2.45) is 0 Å². The van der Waals surface area contributed by atoms with Crippen molar-refractivity contribution >= 4 is 22.6 Å². The van der Waals surface area contributed by atoms with E-state index in [0.717, 1.165) is 17.1 Å². The fourth-order valence-electron chi connectivity index (χ4n) is 1.75. The standard InChI is InChI=1S/C15H12N4OS/c1-10-5-7-11(8-6-10)13-17-15(21-19-13)18-14(20)12-4-2-3-9-16-12/h2-9H,1H3,(H,17,18,19,20). The van der Waals surface area contributed by atoms with Crippen molar-refractivity contribution in [3.63, 3.8) is 0 Å². The van der Waals surface area contributed by atoms with Crippen LogP contribution >= 0.6 is 11.5 Å². The summed E-state index contributed by atoms with van der Waals surface area (Å²) in [6, 6.07) is 13.1. The Morgan fingerprint density at radius 3 is 2.67 bits per heavy atom. The number of amides is 1. The molecule has 0 unspecified atom stereocenters. The molecule has 5 nitrogen and oxygen atoms in total. The summed E-state index contributed by atoms with van der Waals surface area (Å²) >= 11 is 1.15. The lowest BCUT2D eigenvalue weighted by atomic mass is 10.1. The molecule has 1 amide bonds. The number of rotatable bonds is 3. The Morgan fingerprint density at radius 2 is 1.95 bits per heavy atom. The van der Waals surface area contributed by atoms with Crippen LogP contribution in [-0.2, 0) is 0 Å². The molecule has 3 aromatic rings. The molecule has 0 atom stereocenters. The Morgan fingerprint density at radius 1 is 1.14 bits per heavy atom. The Hall–Kier alpha value is -2.60. The molecule has 3 rings (SSSR count). The molecule has 0 saturated carbocycles. The summed E-state index contributed by atoms with van der Waals surface area (Å²) in [5.74, 6) is 0.318. The lowest BCUT2D eigenvalue weighted by molar-refractivity contribution is 0.102. The Bertz CT molecular complexity index is 753. The van der Waals surface area contributed by atoms with Crippen LogP contribution in [0, 0.1) is 6.92 Å². The number of carbonyl (C=O) groups excluding carboxylic acids is 1. The zero-order valence-electron chi connectivity index (χ0n) is 11.3. The van der Waals surface area contributed by atoms with E-state index in [2.05, 4.69) is 19.7 Å². The van der Waals surface area contributed by atoms with Gasteiger partial charge in [-0.2, -0.15) is 9.36 Å². The summed E-state index contributed by atoms with van der Waals surface area (Å²) in [5, 5.41) is 3.16. The number of nitrogens with zero attached hydrogens (tertiary/aromatic N) is 3. The second-order valence-corrected chi connectivity index (χ2v) is 5.21. The first-order valence-electron chi connectivity index (χ1n) is 6.35. The van der Waals surface area contributed by atoms with Gasteiger partial charge in [0.05, 0.1) is 0 Å². The first-order chi connectivity index (χ1) is 10.2. The van der Waals surface area contributed by atoms with Crippen LogP contribution in [0.5, 0.6) is 0 Å². The third-order valence-corrected chi connectivity index (χ3v) is 3.48. The maximum absolute atomic E-state index is 12.0. The van der Waals surface area contributed by atoms with Crippen LogP contribution in [0.4, 0.5) is 5.13 Å². The molecule has 1 N–H and O–H groups in total. The fraction of sp³-hybridized carbons (Fsp3) is 0.0667. The van der Waals surface area contributed by atoms with Gasteiger partial charge in [-0.15, -0.1) is 0 Å². The van der Waals surface area contributed by atoms with E-state index in [1.165, 1.54) is 5.56 Å². The van der Waals surface area contributed by atoms with Crippen molar-refractivity contribution < 1.29 is 4.79 Å². The summed E-state index contributed by atoms with van der Waals surface area (Å²) in [5.41, 5.74) is 2.46. The van der Waals surface area contributed by atoms with Gasteiger partial charge in [0.2, 0.25) is 5.13 Å². The van der Waals surface area contributed by atoms with Crippen molar-refractivity contribution in [1.29, 1.82) is 0 Å². The van der Waals surface area contributed by atoms with Gasteiger partial charge in [-0.25, -0.2) is 0 Å². The molecule has 2 heterocycles. The Balaban J connectivity index is 1.76. The number of benzene rings is 1. The molecule has 0 radical (unpaired) electrons. The van der Waals surface area contributed by atoms with Crippen LogP contribution in [-0.4, -0.2) is 20.2 Å². The lowest BCUT2D eigenvalue weighted by Crippen LogP contribution is -2.13. The van der Waals surface area contributed by atoms with Gasteiger partial charge in [-0.05, 0) is 19.1 Å². The van der Waals surface area contributed by atoms with Crippen LogP contribution in [0.25, 0.3) is 11.4 Å². The molecule has 0 bridgehead atoms. The summed E-state index contributed by atoms with van der Waals surface area (Å²) in [6.45, 7) is 2.02. The number of pyridine rings is 1.